The lowest BCUT2D eigenvalue weighted by Crippen LogP contribution is -1.93. The number of aromatic amines is 4. The van der Waals surface area contributed by atoms with Crippen LogP contribution in [0.15, 0.2) is 194 Å². The molecule has 4 aliphatic heterocycles. The smallest absolute Gasteiger partial charge is 0.118 e. The molecule has 0 saturated heterocycles. The molecule has 466 valence electrons. The summed E-state index contributed by atoms with van der Waals surface area (Å²) in [6.07, 6.45) is 16.8. The van der Waals surface area contributed by atoms with Crippen molar-refractivity contribution < 1.29 is 28.4 Å². The van der Waals surface area contributed by atoms with Crippen LogP contribution in [0.1, 0.15) is 45.6 Å². The van der Waals surface area contributed by atoms with Crippen molar-refractivity contribution in [1.82, 2.24) is 39.9 Å². The molecule has 14 nitrogen and oxygen atoms in total. The molecule has 0 spiro atoms. The fourth-order valence-electron chi connectivity index (χ4n) is 13.3. The number of nitrogens with zero attached hydrogens (tertiary/aromatic N) is 4. The van der Waals surface area contributed by atoms with E-state index in [2.05, 4.69) is 190 Å². The van der Waals surface area contributed by atoms with Crippen molar-refractivity contribution in [1.29, 1.82) is 0 Å². The number of hydrogen-bond donors (Lipinski definition) is 4. The van der Waals surface area contributed by atoms with Gasteiger partial charge < -0.3 is 48.4 Å². The van der Waals surface area contributed by atoms with E-state index in [9.17, 15) is 0 Å². The summed E-state index contributed by atoms with van der Waals surface area (Å²) in [5.74, 6) is 4.44. The van der Waals surface area contributed by atoms with Crippen LogP contribution in [0, 0.1) is 0 Å². The summed E-state index contributed by atoms with van der Waals surface area (Å²) < 4.78 is 34.2. The van der Waals surface area contributed by atoms with Gasteiger partial charge in [-0.25, -0.2) is 19.9 Å². The van der Waals surface area contributed by atoms with Gasteiger partial charge in [0.25, 0.3) is 0 Å². The molecule has 0 amide bonds. The summed E-state index contributed by atoms with van der Waals surface area (Å²) in [4.78, 5) is 38.6. The quantitative estimate of drug-likeness (QED) is 0.0871. The Bertz CT molecular complexity index is 5120. The first-order valence-electron chi connectivity index (χ1n) is 31.4. The molecular formula is C82H62N8O6. The maximum Gasteiger partial charge on any atom is 0.118 e. The minimum absolute atomic E-state index is 0.690. The topological polar surface area (TPSA) is 170 Å². The van der Waals surface area contributed by atoms with Crippen LogP contribution in [0.2, 0.25) is 0 Å². The van der Waals surface area contributed by atoms with Crippen molar-refractivity contribution in [3.63, 3.8) is 0 Å². The SMILES string of the molecule is COc1ccc(-c2c3nc(c(-c4ccc(OC)cc4)c4ccc([nH]4)c(-c4c5nc(c(-c6ccc(OC)cc6)c6ccc([nH]6)c(-c6ccc(OC)cc6)c6nc(c(-c7ccc(OC)cc7)c7ccc4[nH]7)C=C6)C=C5)c4nc(c(-c5ccc(OC)cc5)c5ccc2[nH]5)C=C4)C=C3)cc1. The molecule has 14 heteroatoms. The second kappa shape index (κ2) is 24.4. The van der Waals surface area contributed by atoms with E-state index in [0.29, 0.717) is 11.4 Å². The molecule has 0 atom stereocenters. The van der Waals surface area contributed by atoms with Crippen LogP contribution < -0.4 is 28.4 Å². The number of aromatic nitrogens is 8. The summed E-state index contributed by atoms with van der Waals surface area (Å²) in [5, 5.41) is 0. The number of hydrogen-bond acceptors (Lipinski definition) is 10. The van der Waals surface area contributed by atoms with Gasteiger partial charge in [0.1, 0.15) is 34.5 Å². The Morgan fingerprint density at radius 1 is 0.177 bits per heavy atom. The van der Waals surface area contributed by atoms with Gasteiger partial charge in [0.05, 0.1) is 88.2 Å². The summed E-state index contributed by atoms with van der Waals surface area (Å²) >= 11 is 0. The largest absolute Gasteiger partial charge is 0.497 e. The van der Waals surface area contributed by atoms with E-state index in [1.54, 1.807) is 42.7 Å². The molecular weight excluding hydrogens is 1190 g/mol. The highest BCUT2D eigenvalue weighted by Crippen LogP contribution is 2.44. The maximum absolute atomic E-state index is 5.80. The monoisotopic (exact) mass is 1250 g/mol. The van der Waals surface area contributed by atoms with Crippen molar-refractivity contribution in [2.24, 2.45) is 0 Å². The van der Waals surface area contributed by atoms with Crippen LogP contribution in [0.5, 0.6) is 34.5 Å². The molecule has 6 aromatic carbocycles. The Kier molecular flexibility index (Phi) is 14.9. The molecule has 10 heterocycles. The fourth-order valence-corrected chi connectivity index (χ4v) is 13.3. The molecule has 6 aromatic heterocycles. The fraction of sp³-hybridized carbons (Fsp3) is 0.0732. The Morgan fingerprint density at radius 3 is 0.458 bits per heavy atom. The predicted octanol–water partition coefficient (Wildman–Crippen LogP) is 19.3. The van der Waals surface area contributed by atoms with Gasteiger partial charge in [0.15, 0.2) is 0 Å². The minimum Gasteiger partial charge on any atom is -0.497 e. The van der Waals surface area contributed by atoms with Crippen molar-refractivity contribution in [3.05, 3.63) is 240 Å². The molecule has 0 radical (unpaired) electrons. The number of benzene rings is 6. The van der Waals surface area contributed by atoms with E-state index in [4.69, 9.17) is 48.4 Å². The van der Waals surface area contributed by atoms with E-state index >= 15 is 0 Å². The molecule has 4 aliphatic rings. The zero-order chi connectivity index (χ0) is 65.0. The standard InChI is InChI=1S/C82H62N8O6/c1-91-53-19-7-47(8-20-53)75-59-31-35-63(83-59)77(49-11-23-55(93-3)24-12-49)67-39-43-71(87-67)81(72-44-40-68(88-72)78(64-36-32-60(75)84-64)50-13-25-56(94-4)26-14-50)82-73-45-41-69(89-73)79(51-15-27-57(95-5)28-16-51)65-37-33-61(85-65)76(48-9-21-54(92-2)22-10-48)62-34-38-66(86-62)80(70-42-46-74(82)90-70)52-17-29-58(96-6)30-18-52/h7-46,83,85,88,90H,1-6H3. The van der Waals surface area contributed by atoms with Crippen LogP contribution in [0.3, 0.4) is 0 Å². The molecule has 16 rings (SSSR count). The maximum atomic E-state index is 5.80. The van der Waals surface area contributed by atoms with Crippen molar-refractivity contribution in [2.75, 3.05) is 42.7 Å². The first-order chi connectivity index (χ1) is 47.2. The van der Waals surface area contributed by atoms with Crippen molar-refractivity contribution in [3.8, 4) is 112 Å². The normalized spacial score (nSPS) is 12.1. The van der Waals surface area contributed by atoms with E-state index < -0.39 is 0 Å². The molecule has 0 fully saturated rings. The lowest BCUT2D eigenvalue weighted by atomic mass is 10.0. The summed E-state index contributed by atoms with van der Waals surface area (Å²) in [6.45, 7) is 0. The molecule has 16 bridgehead atoms. The minimum atomic E-state index is 0.690. The first kappa shape index (κ1) is 58.4. The molecule has 0 saturated carbocycles. The second-order valence-corrected chi connectivity index (χ2v) is 23.4. The lowest BCUT2D eigenvalue weighted by Gasteiger charge is -2.09. The Hall–Kier alpha value is -12.7. The predicted molar refractivity (Wildman–Crippen MR) is 389 cm³/mol. The van der Waals surface area contributed by atoms with Gasteiger partial charge in [-0.05, 0) is 203 Å². The Labute approximate surface area is 552 Å². The third-order valence-electron chi connectivity index (χ3n) is 18.0. The van der Waals surface area contributed by atoms with Crippen LogP contribution >= 0.6 is 0 Å². The number of H-pyrrole nitrogens is 4. The van der Waals surface area contributed by atoms with Crippen molar-refractivity contribution >= 4 is 92.7 Å². The van der Waals surface area contributed by atoms with Crippen molar-refractivity contribution in [2.45, 2.75) is 0 Å². The zero-order valence-corrected chi connectivity index (χ0v) is 53.3. The zero-order valence-electron chi connectivity index (χ0n) is 53.3. The first-order valence-corrected chi connectivity index (χ1v) is 31.4. The average Bonchev–Trinajstić information content (AvgIpc) is 1.60. The van der Waals surface area contributed by atoms with Crippen LogP contribution in [0.25, 0.3) is 171 Å². The van der Waals surface area contributed by atoms with E-state index in [1.807, 2.05) is 72.8 Å². The van der Waals surface area contributed by atoms with Gasteiger partial charge in [-0.15, -0.1) is 0 Å². The number of nitrogens with one attached hydrogen (secondary N) is 4. The number of ether oxygens (including phenoxy) is 6. The van der Waals surface area contributed by atoms with E-state index in [-0.39, 0.29) is 0 Å². The average molecular weight is 1260 g/mol. The Balaban J connectivity index is 1.07. The highest BCUT2D eigenvalue weighted by molar-refractivity contribution is 6.06. The van der Waals surface area contributed by atoms with Gasteiger partial charge in [-0.2, -0.15) is 0 Å². The van der Waals surface area contributed by atoms with Crippen LogP contribution in [0.4, 0.5) is 0 Å². The van der Waals surface area contributed by atoms with Crippen LogP contribution in [-0.2, 0) is 0 Å². The van der Waals surface area contributed by atoms with Gasteiger partial charge in [0, 0.05) is 88.6 Å². The lowest BCUT2D eigenvalue weighted by molar-refractivity contribution is 0.415. The molecule has 0 unspecified atom stereocenters. The van der Waals surface area contributed by atoms with Gasteiger partial charge in [0.2, 0.25) is 0 Å². The number of fused-ring (bicyclic) bond motifs is 16. The van der Waals surface area contributed by atoms with E-state index in [1.165, 1.54) is 0 Å². The number of rotatable bonds is 13. The third-order valence-corrected chi connectivity index (χ3v) is 18.0. The summed E-state index contributed by atoms with van der Waals surface area (Å²) in [7, 11) is 10.1. The summed E-state index contributed by atoms with van der Waals surface area (Å²) in [6, 6.07) is 65.8. The van der Waals surface area contributed by atoms with E-state index in [0.717, 1.165) is 191 Å². The highest BCUT2D eigenvalue weighted by Gasteiger charge is 2.25. The molecule has 4 N–H and O–H groups in total. The molecule has 96 heavy (non-hydrogen) atoms. The highest BCUT2D eigenvalue weighted by atomic mass is 16.5. The van der Waals surface area contributed by atoms with Gasteiger partial charge >= 0.3 is 0 Å². The Morgan fingerprint density at radius 2 is 0.312 bits per heavy atom. The molecule has 12 aromatic rings. The second-order valence-electron chi connectivity index (χ2n) is 23.4. The number of methoxy groups -OCH3 is 6. The summed E-state index contributed by atoms with van der Waals surface area (Å²) in [5.41, 5.74) is 25.1. The van der Waals surface area contributed by atoms with Gasteiger partial charge in [-0.1, -0.05) is 72.8 Å². The molecule has 0 aliphatic carbocycles. The van der Waals surface area contributed by atoms with Crippen LogP contribution in [-0.4, -0.2) is 82.5 Å². The third kappa shape index (κ3) is 10.5. The van der Waals surface area contributed by atoms with Gasteiger partial charge in [-0.3, -0.25) is 0 Å².